The summed E-state index contributed by atoms with van der Waals surface area (Å²) < 4.78 is 248. The largest absolute Gasteiger partial charge is 0.415 e. The van der Waals surface area contributed by atoms with Gasteiger partial charge in [0.15, 0.2) is 0 Å². The molecule has 0 aromatic heterocycles. The Kier molecular flexibility index (Phi) is 5.03. The van der Waals surface area contributed by atoms with Crippen LogP contribution >= 0.6 is 0 Å². The summed E-state index contributed by atoms with van der Waals surface area (Å²) in [5.41, 5.74) is -18.4. The molecule has 0 nitrogen and oxygen atoms in total. The minimum absolute atomic E-state index is 5.35. The molecule has 1 aliphatic carbocycles. The lowest BCUT2D eigenvalue weighted by atomic mass is 9.58. The van der Waals surface area contributed by atoms with Crippen LogP contribution in [0.3, 0.4) is 0 Å². The van der Waals surface area contributed by atoms with E-state index in [4.69, 9.17) is 0 Å². The van der Waals surface area contributed by atoms with Crippen molar-refractivity contribution < 1.29 is 83.4 Å². The Hall–Kier alpha value is -1.33. The van der Waals surface area contributed by atoms with Gasteiger partial charge in [0.25, 0.3) is 11.8 Å². The molecule has 29 heavy (non-hydrogen) atoms. The highest BCUT2D eigenvalue weighted by Crippen LogP contribution is 2.78. The summed E-state index contributed by atoms with van der Waals surface area (Å²) in [6.07, 6.45) is -31.6. The molecule has 1 saturated carbocycles. The molecule has 1 radical (unpaired) electrons. The van der Waals surface area contributed by atoms with Crippen molar-refractivity contribution >= 4 is 0 Å². The Balaban J connectivity index is 4.47. The van der Waals surface area contributed by atoms with Crippen LogP contribution in [0.25, 0.3) is 0 Å². The second kappa shape index (κ2) is 5.67. The van der Waals surface area contributed by atoms with E-state index in [-0.39, 0.29) is 0 Å². The highest BCUT2D eigenvalue weighted by atomic mass is 19.4. The Labute approximate surface area is 144 Å². The van der Waals surface area contributed by atoms with E-state index in [0.29, 0.717) is 0 Å². The number of hydrogen-bond acceptors (Lipinski definition) is 0. The van der Waals surface area contributed by atoms with E-state index in [0.717, 1.165) is 0 Å². The molecule has 0 aromatic carbocycles. The lowest BCUT2D eigenvalue weighted by Crippen LogP contribution is -2.88. The third-order valence-electron chi connectivity index (χ3n) is 4.00. The zero-order chi connectivity index (χ0) is 24.1. The van der Waals surface area contributed by atoms with Crippen molar-refractivity contribution in [1.82, 2.24) is 0 Å². The Bertz CT molecular complexity index is 579. The fourth-order valence-electron chi connectivity index (χ4n) is 2.64. The number of rotatable bonds is 1. The van der Waals surface area contributed by atoms with Gasteiger partial charge in [0.2, 0.25) is 0 Å². The van der Waals surface area contributed by atoms with Gasteiger partial charge in [-0.1, -0.05) is 0 Å². The molecule has 0 bridgehead atoms. The Morgan fingerprint density at radius 3 is 0.828 bits per heavy atom. The third-order valence-corrected chi connectivity index (χ3v) is 4.00. The van der Waals surface area contributed by atoms with Crippen LogP contribution in [0.5, 0.6) is 0 Å². The fourth-order valence-corrected chi connectivity index (χ4v) is 2.64. The van der Waals surface area contributed by atoms with Crippen molar-refractivity contribution in [2.45, 2.75) is 47.9 Å². The summed E-state index contributed by atoms with van der Waals surface area (Å²) in [4.78, 5) is 0. The monoisotopic (exact) mass is 481 g/mol. The fraction of sp³-hybridized carbons (Fsp3) is 0.900. The van der Waals surface area contributed by atoms with E-state index in [2.05, 4.69) is 0 Å². The van der Waals surface area contributed by atoms with Crippen LogP contribution in [0.4, 0.5) is 83.4 Å². The highest BCUT2D eigenvalue weighted by molar-refractivity contribution is 5.36. The van der Waals surface area contributed by atoms with Gasteiger partial charge in [-0.05, 0) is 0 Å². The zero-order valence-corrected chi connectivity index (χ0v) is 12.2. The summed E-state index contributed by atoms with van der Waals surface area (Å²) in [5.74, 6) is -33.3. The zero-order valence-electron chi connectivity index (χ0n) is 12.2. The third kappa shape index (κ3) is 2.38. The van der Waals surface area contributed by atoms with Crippen LogP contribution in [0.2, 0.25) is 0 Å². The van der Waals surface area contributed by atoms with Crippen molar-refractivity contribution in [3.8, 4) is 0 Å². The first kappa shape index (κ1) is 25.7. The molecule has 0 atom stereocenters. The van der Waals surface area contributed by atoms with Gasteiger partial charge in [-0.25, -0.2) is 8.78 Å². The smallest absolute Gasteiger partial charge is 0.228 e. The van der Waals surface area contributed by atoms with E-state index in [1.54, 1.807) is 0 Å². The molecule has 0 aromatic rings. The van der Waals surface area contributed by atoms with Gasteiger partial charge in [-0.15, -0.1) is 0 Å². The van der Waals surface area contributed by atoms with Crippen LogP contribution in [0, 0.1) is 11.6 Å². The topological polar surface area (TPSA) is 0 Å². The molecule has 0 unspecified atom stereocenters. The van der Waals surface area contributed by atoms with Crippen LogP contribution in [0.15, 0.2) is 0 Å². The van der Waals surface area contributed by atoms with Crippen molar-refractivity contribution in [2.75, 3.05) is 0 Å². The van der Waals surface area contributed by atoms with Gasteiger partial charge in [-0.3, -0.25) is 0 Å². The van der Waals surface area contributed by atoms with Crippen molar-refractivity contribution in [3.05, 3.63) is 6.17 Å². The van der Waals surface area contributed by atoms with Crippen LogP contribution in [-0.2, 0) is 0 Å². The molecule has 173 valence electrons. The number of halogens is 19. The summed E-state index contributed by atoms with van der Waals surface area (Å²) in [6.45, 7) is 0. The van der Waals surface area contributed by atoms with Gasteiger partial charge in [0.05, 0.1) is 0 Å². The molecule has 0 saturated heterocycles. The van der Waals surface area contributed by atoms with Crippen molar-refractivity contribution in [2.24, 2.45) is 5.41 Å². The Morgan fingerprint density at radius 1 is 0.448 bits per heavy atom. The predicted molar refractivity (Wildman–Crippen MR) is 48.6 cm³/mol. The molecular formula is C10F19. The molecule has 0 heterocycles. The lowest BCUT2D eigenvalue weighted by molar-refractivity contribution is -0.529. The maximum absolute atomic E-state index is 14.3. The quantitative estimate of drug-likeness (QED) is 0.379. The van der Waals surface area contributed by atoms with Gasteiger partial charge >= 0.3 is 47.6 Å². The van der Waals surface area contributed by atoms with E-state index >= 15 is 0 Å². The maximum Gasteiger partial charge on any atom is 0.415 e. The second-order valence-corrected chi connectivity index (χ2v) is 5.51. The van der Waals surface area contributed by atoms with Gasteiger partial charge in [-0.2, -0.15) is 74.6 Å². The van der Waals surface area contributed by atoms with Crippen LogP contribution < -0.4 is 0 Å². The Morgan fingerprint density at radius 2 is 0.655 bits per heavy atom. The molecule has 1 rings (SSSR count). The normalized spacial score (nSPS) is 27.0. The minimum Gasteiger partial charge on any atom is -0.228 e. The van der Waals surface area contributed by atoms with E-state index in [1.807, 2.05) is 0 Å². The van der Waals surface area contributed by atoms with Gasteiger partial charge in [0, 0.05) is 0 Å². The molecule has 0 aliphatic heterocycles. The van der Waals surface area contributed by atoms with E-state index in [1.165, 1.54) is 0 Å². The standard InChI is InChI=1S/C10F19/c11-1-2(12,13)6(17,18)5(16,7(19,20)3(1,14)15)4(8(21,22)23,9(24,25)26)10(27,28)29. The van der Waals surface area contributed by atoms with Gasteiger partial charge < -0.3 is 0 Å². The molecule has 0 amide bonds. The van der Waals surface area contributed by atoms with Crippen LogP contribution in [0.1, 0.15) is 0 Å². The second-order valence-electron chi connectivity index (χ2n) is 5.51. The summed E-state index contributed by atoms with van der Waals surface area (Å²) in [5, 5.41) is 0. The summed E-state index contributed by atoms with van der Waals surface area (Å²) in [6, 6.07) is 0. The molecule has 1 fully saturated rings. The van der Waals surface area contributed by atoms with Crippen molar-refractivity contribution in [1.29, 1.82) is 0 Å². The first-order valence-corrected chi connectivity index (χ1v) is 6.09. The number of hydrogen-bond donors (Lipinski definition) is 0. The van der Waals surface area contributed by atoms with E-state index < -0.39 is 59.5 Å². The first-order valence-electron chi connectivity index (χ1n) is 6.09. The predicted octanol–water partition coefficient (Wildman–Crippen LogP) is 6.42. The minimum atomic E-state index is -9.22. The SMILES string of the molecule is F[C]1C(F)(F)C(F)(F)C(F)(C(C(F)(F)F)(C(F)(F)F)C(F)(F)F)C(F)(F)C1(F)F. The average molecular weight is 481 g/mol. The maximum atomic E-state index is 14.3. The number of alkyl halides is 18. The summed E-state index contributed by atoms with van der Waals surface area (Å²) in [7, 11) is 0. The average Bonchev–Trinajstić information content (AvgIpc) is 2.39. The van der Waals surface area contributed by atoms with Crippen LogP contribution in [-0.4, -0.2) is 47.9 Å². The highest BCUT2D eigenvalue weighted by Gasteiger charge is 3.08. The lowest BCUT2D eigenvalue weighted by Gasteiger charge is -2.57. The molecular weight excluding hydrogens is 481 g/mol. The first-order chi connectivity index (χ1) is 12.2. The molecule has 1 aliphatic rings. The van der Waals surface area contributed by atoms with E-state index in [9.17, 15) is 83.4 Å². The van der Waals surface area contributed by atoms with Gasteiger partial charge in [0.1, 0.15) is 0 Å². The van der Waals surface area contributed by atoms with Crippen molar-refractivity contribution in [3.63, 3.8) is 0 Å². The molecule has 0 N–H and O–H groups in total. The molecule has 0 spiro atoms. The molecule has 19 heteroatoms. The summed E-state index contributed by atoms with van der Waals surface area (Å²) >= 11 is 0.